The van der Waals surface area contributed by atoms with E-state index in [4.69, 9.17) is 14.0 Å². The van der Waals surface area contributed by atoms with E-state index in [1.165, 1.54) is 0 Å². The second-order valence-electron chi connectivity index (χ2n) is 5.29. The third-order valence-corrected chi connectivity index (χ3v) is 4.16. The molecule has 0 spiro atoms. The summed E-state index contributed by atoms with van der Waals surface area (Å²) in [5.74, 6) is -1.16. The minimum Gasteiger partial charge on any atom is -0.373 e. The first-order chi connectivity index (χ1) is 10.8. The number of hydrogen-bond donors (Lipinski definition) is 1. The van der Waals surface area contributed by atoms with Gasteiger partial charge in [0.15, 0.2) is 5.79 Å². The number of allylic oxidation sites excluding steroid dienone is 2. The van der Waals surface area contributed by atoms with Gasteiger partial charge in [0.2, 0.25) is 0 Å². The molecular weight excluding hydrogens is 318 g/mol. The van der Waals surface area contributed by atoms with E-state index in [-0.39, 0.29) is 5.75 Å². The van der Waals surface area contributed by atoms with Crippen molar-refractivity contribution in [3.8, 4) is 0 Å². The van der Waals surface area contributed by atoms with E-state index in [0.717, 1.165) is 5.57 Å². The van der Waals surface area contributed by atoms with Gasteiger partial charge in [-0.1, -0.05) is 18.2 Å². The summed E-state index contributed by atoms with van der Waals surface area (Å²) in [5.41, 5.74) is 0.913. The standard InChI is InChI=1S/C16H25NO5S/c1-4-11-21-16(3,22-12-5-2)15-8-6-9-17(14-15)10-7-13-23(18,19)20/h4-6,8-9H,1-2,7,10-14H2,3H3,(H,18,19,20). The molecule has 0 aromatic carbocycles. The predicted octanol–water partition coefficient (Wildman–Crippen LogP) is 2.14. The molecular formula is C16H25NO5S. The van der Waals surface area contributed by atoms with Crippen LogP contribution in [0.2, 0.25) is 0 Å². The Morgan fingerprint density at radius 2 is 1.96 bits per heavy atom. The monoisotopic (exact) mass is 343 g/mol. The summed E-state index contributed by atoms with van der Waals surface area (Å²) >= 11 is 0. The van der Waals surface area contributed by atoms with Crippen LogP contribution >= 0.6 is 0 Å². The first-order valence-electron chi connectivity index (χ1n) is 7.37. The summed E-state index contributed by atoms with van der Waals surface area (Å²) in [6, 6.07) is 0. The van der Waals surface area contributed by atoms with Crippen LogP contribution in [-0.4, -0.2) is 55.7 Å². The fraction of sp³-hybridized carbons (Fsp3) is 0.500. The topological polar surface area (TPSA) is 76.1 Å². The van der Waals surface area contributed by atoms with Gasteiger partial charge in [-0.3, -0.25) is 4.55 Å². The molecule has 0 fully saturated rings. The number of nitrogens with zero attached hydrogens (tertiary/aromatic N) is 1. The molecule has 130 valence electrons. The Morgan fingerprint density at radius 3 is 2.48 bits per heavy atom. The lowest BCUT2D eigenvalue weighted by Crippen LogP contribution is -2.40. The van der Waals surface area contributed by atoms with Gasteiger partial charge in [-0.05, 0) is 25.6 Å². The molecule has 0 aromatic heterocycles. The SMILES string of the molecule is C=CCOC(C)(OCC=C)C1=CC=CN(CCCS(=O)(=O)O)C1. The lowest BCUT2D eigenvalue weighted by molar-refractivity contribution is -0.188. The average Bonchev–Trinajstić information content (AvgIpc) is 2.50. The van der Waals surface area contributed by atoms with Crippen LogP contribution in [0.1, 0.15) is 13.3 Å². The van der Waals surface area contributed by atoms with Crippen molar-refractivity contribution in [3.63, 3.8) is 0 Å². The lowest BCUT2D eigenvalue weighted by atomic mass is 10.0. The van der Waals surface area contributed by atoms with Crippen LogP contribution in [0, 0.1) is 0 Å². The third kappa shape index (κ3) is 7.13. The van der Waals surface area contributed by atoms with Crippen molar-refractivity contribution in [1.82, 2.24) is 4.90 Å². The highest BCUT2D eigenvalue weighted by Crippen LogP contribution is 2.26. The maximum absolute atomic E-state index is 10.8. The summed E-state index contributed by atoms with van der Waals surface area (Å²) in [6.45, 7) is 10.9. The number of ether oxygens (including phenoxy) is 2. The normalized spacial score (nSPS) is 15.4. The molecule has 6 nitrogen and oxygen atoms in total. The average molecular weight is 343 g/mol. The van der Waals surface area contributed by atoms with E-state index in [2.05, 4.69) is 13.2 Å². The fourth-order valence-corrected chi connectivity index (χ4v) is 2.66. The van der Waals surface area contributed by atoms with E-state index in [9.17, 15) is 8.42 Å². The van der Waals surface area contributed by atoms with Crippen molar-refractivity contribution in [3.05, 3.63) is 49.2 Å². The summed E-state index contributed by atoms with van der Waals surface area (Å²) in [6.07, 6.45) is 9.30. The zero-order valence-corrected chi connectivity index (χ0v) is 14.3. The molecule has 0 radical (unpaired) electrons. The molecule has 0 aromatic rings. The molecule has 0 amide bonds. The maximum atomic E-state index is 10.8. The van der Waals surface area contributed by atoms with E-state index < -0.39 is 15.9 Å². The number of rotatable bonds is 11. The van der Waals surface area contributed by atoms with Gasteiger partial charge >= 0.3 is 0 Å². The lowest BCUT2D eigenvalue weighted by Gasteiger charge is -2.36. The molecule has 1 heterocycles. The third-order valence-electron chi connectivity index (χ3n) is 3.35. The van der Waals surface area contributed by atoms with E-state index in [1.807, 2.05) is 30.2 Å². The smallest absolute Gasteiger partial charge is 0.264 e. The van der Waals surface area contributed by atoms with Gasteiger partial charge in [-0.2, -0.15) is 8.42 Å². The van der Waals surface area contributed by atoms with Crippen LogP contribution in [0.5, 0.6) is 0 Å². The van der Waals surface area contributed by atoms with Crippen LogP contribution in [0.15, 0.2) is 49.2 Å². The first-order valence-corrected chi connectivity index (χ1v) is 8.98. The molecule has 0 bridgehead atoms. The van der Waals surface area contributed by atoms with Crippen LogP contribution in [-0.2, 0) is 19.6 Å². The van der Waals surface area contributed by atoms with Crippen molar-refractivity contribution >= 4 is 10.1 Å². The number of hydrogen-bond acceptors (Lipinski definition) is 5. The molecule has 1 N–H and O–H groups in total. The maximum Gasteiger partial charge on any atom is 0.264 e. The molecule has 0 atom stereocenters. The Bertz CT molecular complexity index is 553. The van der Waals surface area contributed by atoms with Gasteiger partial charge in [-0.25, -0.2) is 0 Å². The van der Waals surface area contributed by atoms with Crippen molar-refractivity contribution in [2.75, 3.05) is 32.1 Å². The highest BCUT2D eigenvalue weighted by atomic mass is 32.2. The van der Waals surface area contributed by atoms with Crippen molar-refractivity contribution in [2.45, 2.75) is 19.1 Å². The van der Waals surface area contributed by atoms with Crippen molar-refractivity contribution in [2.24, 2.45) is 0 Å². The van der Waals surface area contributed by atoms with E-state index >= 15 is 0 Å². The Hall–Kier alpha value is -1.41. The second kappa shape index (κ2) is 9.02. The van der Waals surface area contributed by atoms with Crippen LogP contribution in [0.25, 0.3) is 0 Å². The molecule has 0 saturated carbocycles. The molecule has 1 aliphatic heterocycles. The van der Waals surface area contributed by atoms with Gasteiger partial charge in [0.25, 0.3) is 10.1 Å². The Morgan fingerprint density at radius 1 is 1.35 bits per heavy atom. The molecule has 1 aliphatic rings. The fourth-order valence-electron chi connectivity index (χ4n) is 2.17. The van der Waals surface area contributed by atoms with Gasteiger partial charge in [0.05, 0.1) is 19.0 Å². The van der Waals surface area contributed by atoms with E-state index in [1.54, 1.807) is 12.2 Å². The highest BCUT2D eigenvalue weighted by molar-refractivity contribution is 7.85. The van der Waals surface area contributed by atoms with Crippen LogP contribution in [0.3, 0.4) is 0 Å². The summed E-state index contributed by atoms with van der Waals surface area (Å²) < 4.78 is 41.9. The summed E-state index contributed by atoms with van der Waals surface area (Å²) in [5, 5.41) is 0. The molecule has 1 rings (SSSR count). The molecule has 0 saturated heterocycles. The Labute approximate surface area is 138 Å². The van der Waals surface area contributed by atoms with E-state index in [0.29, 0.717) is 32.7 Å². The van der Waals surface area contributed by atoms with Crippen molar-refractivity contribution < 1.29 is 22.4 Å². The first kappa shape index (κ1) is 19.6. The summed E-state index contributed by atoms with van der Waals surface area (Å²) in [7, 11) is -3.93. The molecule has 7 heteroatoms. The zero-order chi connectivity index (χ0) is 17.3. The predicted molar refractivity (Wildman–Crippen MR) is 90.5 cm³/mol. The highest BCUT2D eigenvalue weighted by Gasteiger charge is 2.32. The summed E-state index contributed by atoms with van der Waals surface area (Å²) in [4.78, 5) is 1.95. The van der Waals surface area contributed by atoms with Gasteiger partial charge in [0.1, 0.15) is 0 Å². The van der Waals surface area contributed by atoms with Crippen molar-refractivity contribution in [1.29, 1.82) is 0 Å². The van der Waals surface area contributed by atoms with Gasteiger partial charge < -0.3 is 14.4 Å². The Kier molecular flexibility index (Phi) is 7.70. The zero-order valence-electron chi connectivity index (χ0n) is 13.5. The van der Waals surface area contributed by atoms with Gasteiger partial charge in [0, 0.05) is 18.7 Å². The Balaban J connectivity index is 2.69. The molecule has 0 aliphatic carbocycles. The molecule has 0 unspecified atom stereocenters. The van der Waals surface area contributed by atoms with Crippen LogP contribution in [0.4, 0.5) is 0 Å². The molecule has 23 heavy (non-hydrogen) atoms. The quantitative estimate of drug-likeness (QED) is 0.352. The largest absolute Gasteiger partial charge is 0.373 e. The van der Waals surface area contributed by atoms with Crippen LogP contribution < -0.4 is 0 Å². The minimum absolute atomic E-state index is 0.256. The minimum atomic E-state index is -3.93. The second-order valence-corrected chi connectivity index (χ2v) is 6.86. The van der Waals surface area contributed by atoms with Gasteiger partial charge in [-0.15, -0.1) is 13.2 Å².